The molecule has 0 heterocycles. The number of hydrogen-bond acceptors (Lipinski definition) is 3. The highest BCUT2D eigenvalue weighted by molar-refractivity contribution is 6.75. The van der Waals surface area contributed by atoms with Crippen LogP contribution in [0.1, 0.15) is 97.5 Å². The van der Waals surface area contributed by atoms with E-state index in [-0.39, 0.29) is 12.4 Å². The fourth-order valence-electron chi connectivity index (χ4n) is 4.41. The van der Waals surface area contributed by atoms with Crippen molar-refractivity contribution < 1.29 is 30.2 Å². The second-order valence-corrected chi connectivity index (χ2v) is 12.1. The monoisotopic (exact) mass is 501 g/mol. The van der Waals surface area contributed by atoms with E-state index in [9.17, 15) is 0 Å². The van der Waals surface area contributed by atoms with Crippen LogP contribution in [-0.4, -0.2) is 53.7 Å². The van der Waals surface area contributed by atoms with Crippen molar-refractivity contribution >= 4 is 14.0 Å². The highest BCUT2D eigenvalue weighted by atomic mass is 35.5. The first-order chi connectivity index (χ1) is 15.4. The minimum atomic E-state index is -2.84. The summed E-state index contributed by atoms with van der Waals surface area (Å²) < 4.78 is 19.3. The molecule has 0 fully saturated rings. The van der Waals surface area contributed by atoms with Gasteiger partial charge in [-0.25, -0.2) is 0 Å². The predicted octanol–water partition coefficient (Wildman–Crippen LogP) is 3.44. The van der Waals surface area contributed by atoms with E-state index in [1.807, 2.05) is 20.8 Å². The second kappa shape index (κ2) is 18.8. The number of benzene rings is 1. The predicted molar refractivity (Wildman–Crippen MR) is 139 cm³/mol. The van der Waals surface area contributed by atoms with Gasteiger partial charge >= 0.3 is 8.80 Å². The molecule has 1 aromatic rings. The summed E-state index contributed by atoms with van der Waals surface area (Å²) in [7, 11) is 1.85. The highest BCUT2D eigenvalue weighted by Crippen LogP contribution is 2.16. The average Bonchev–Trinajstić information content (AvgIpc) is 2.75. The van der Waals surface area contributed by atoms with Crippen molar-refractivity contribution in [3.8, 4) is 0 Å². The van der Waals surface area contributed by atoms with Crippen LogP contribution < -0.4 is 17.6 Å². The lowest BCUT2D eigenvalue weighted by molar-refractivity contribution is -0.903. The largest absolute Gasteiger partial charge is 1.00 e. The summed E-state index contributed by atoms with van der Waals surface area (Å²) >= 11 is 0. The molecule has 0 bridgehead atoms. The van der Waals surface area contributed by atoms with Crippen LogP contribution in [0.5, 0.6) is 0 Å². The number of hydrogen-bond donors (Lipinski definition) is 0. The molecule has 0 aliphatic carbocycles. The van der Waals surface area contributed by atoms with Crippen molar-refractivity contribution in [2.45, 2.75) is 98.4 Å². The quantitative estimate of drug-likeness (QED) is 0.155. The van der Waals surface area contributed by atoms with E-state index in [1.165, 1.54) is 76.3 Å². The Morgan fingerprint density at radius 1 is 0.697 bits per heavy atom. The van der Waals surface area contributed by atoms with E-state index < -0.39 is 8.80 Å². The lowest BCUT2D eigenvalue weighted by atomic mass is 10.1. The third-order valence-electron chi connectivity index (χ3n) is 6.01. The van der Waals surface area contributed by atoms with Crippen LogP contribution in [0.2, 0.25) is 0 Å². The van der Waals surface area contributed by atoms with Crippen LogP contribution in [0.3, 0.4) is 0 Å². The lowest BCUT2D eigenvalue weighted by Gasteiger charge is -2.31. The van der Waals surface area contributed by atoms with Gasteiger partial charge in [-0.15, -0.1) is 0 Å². The molecule has 0 unspecified atom stereocenters. The van der Waals surface area contributed by atoms with Crippen molar-refractivity contribution in [2.24, 2.45) is 0 Å². The second-order valence-electron chi connectivity index (χ2n) is 9.56. The van der Waals surface area contributed by atoms with Gasteiger partial charge in [0.05, 0.1) is 20.6 Å². The minimum Gasteiger partial charge on any atom is -1.00 e. The molecule has 0 aromatic heterocycles. The summed E-state index contributed by atoms with van der Waals surface area (Å²) in [6, 6.07) is 8.72. The molecule has 0 radical (unpaired) electrons. The molecule has 6 heteroatoms. The number of nitrogens with zero attached hydrogens (tertiary/aromatic N) is 1. The molecule has 0 N–H and O–H groups in total. The molecule has 1 rings (SSSR count). The lowest BCUT2D eigenvalue weighted by Crippen LogP contribution is -3.00. The SMILES string of the molecule is CCCCCCCCCCCC[N+](C)(C)Cc1cccc([Si](OCC)(OCC)OCC)c1.[Cl-]. The summed E-state index contributed by atoms with van der Waals surface area (Å²) in [6.45, 7) is 12.3. The van der Waals surface area contributed by atoms with Gasteiger partial charge in [-0.3, -0.25) is 0 Å². The summed E-state index contributed by atoms with van der Waals surface area (Å²) in [5.41, 5.74) is 1.33. The maximum Gasteiger partial charge on any atom is 0.537 e. The smallest absolute Gasteiger partial charge is 0.537 e. The van der Waals surface area contributed by atoms with Crippen molar-refractivity contribution in [1.82, 2.24) is 0 Å². The van der Waals surface area contributed by atoms with E-state index in [2.05, 4.69) is 45.3 Å². The van der Waals surface area contributed by atoms with Crippen LogP contribution in [0.25, 0.3) is 0 Å². The number of rotatable bonds is 20. The molecule has 0 amide bonds. The van der Waals surface area contributed by atoms with Crippen LogP contribution in [0.4, 0.5) is 0 Å². The molecule has 0 spiro atoms. The highest BCUT2D eigenvalue weighted by Gasteiger charge is 2.43. The number of unbranched alkanes of at least 4 members (excludes halogenated alkanes) is 9. The van der Waals surface area contributed by atoms with E-state index in [0.29, 0.717) is 19.8 Å². The molecule has 0 aliphatic heterocycles. The third-order valence-corrected chi connectivity index (χ3v) is 9.04. The third kappa shape index (κ3) is 13.3. The zero-order valence-corrected chi connectivity index (χ0v) is 24.2. The summed E-state index contributed by atoms with van der Waals surface area (Å²) in [5.74, 6) is 0. The van der Waals surface area contributed by atoms with Crippen molar-refractivity contribution in [3.63, 3.8) is 0 Å². The Labute approximate surface area is 212 Å². The van der Waals surface area contributed by atoms with Gasteiger partial charge in [0.2, 0.25) is 0 Å². The first-order valence-corrected chi connectivity index (χ1v) is 15.0. The topological polar surface area (TPSA) is 27.7 Å². The standard InChI is InChI=1S/C27H52NO3Si.ClH/c1-7-11-12-13-14-15-16-17-18-19-23-28(5,6)25-26-21-20-22-27(24-26)32(29-8-2,30-9-3)31-10-4;/h20-22,24H,7-19,23,25H2,1-6H3;1H/q+1;/p-1. The van der Waals surface area contributed by atoms with Crippen LogP contribution >= 0.6 is 0 Å². The van der Waals surface area contributed by atoms with Gasteiger partial charge in [0, 0.05) is 30.6 Å². The number of halogens is 1. The molecule has 4 nitrogen and oxygen atoms in total. The van der Waals surface area contributed by atoms with Gasteiger partial charge < -0.3 is 30.2 Å². The molecule has 194 valence electrons. The minimum absolute atomic E-state index is 0. The molecule has 0 aliphatic rings. The molecule has 33 heavy (non-hydrogen) atoms. The van der Waals surface area contributed by atoms with Crippen LogP contribution in [0, 0.1) is 0 Å². The zero-order chi connectivity index (χ0) is 23.7. The summed E-state index contributed by atoms with van der Waals surface area (Å²) in [5, 5.41) is 1.08. The number of quaternary nitrogens is 1. The van der Waals surface area contributed by atoms with Gasteiger partial charge in [-0.05, 0) is 39.7 Å². The van der Waals surface area contributed by atoms with Gasteiger partial charge in [0.15, 0.2) is 0 Å². The van der Waals surface area contributed by atoms with Gasteiger partial charge in [-0.1, -0.05) is 76.5 Å². The van der Waals surface area contributed by atoms with Crippen molar-refractivity contribution in [2.75, 3.05) is 40.5 Å². The van der Waals surface area contributed by atoms with Crippen LogP contribution in [0.15, 0.2) is 24.3 Å². The molecular weight excluding hydrogens is 450 g/mol. The van der Waals surface area contributed by atoms with E-state index in [0.717, 1.165) is 16.2 Å². The Balaban J connectivity index is 0.0000102. The van der Waals surface area contributed by atoms with E-state index in [1.54, 1.807) is 0 Å². The van der Waals surface area contributed by atoms with Gasteiger partial charge in [0.25, 0.3) is 0 Å². The fraction of sp³-hybridized carbons (Fsp3) is 0.778. The van der Waals surface area contributed by atoms with E-state index in [4.69, 9.17) is 13.3 Å². The normalized spacial score (nSPS) is 12.1. The molecule has 0 saturated carbocycles. The fourth-order valence-corrected chi connectivity index (χ4v) is 6.96. The van der Waals surface area contributed by atoms with Gasteiger partial charge in [0.1, 0.15) is 6.54 Å². The Kier molecular flexibility index (Phi) is 18.6. The van der Waals surface area contributed by atoms with E-state index >= 15 is 0 Å². The first-order valence-electron chi connectivity index (χ1n) is 13.3. The summed E-state index contributed by atoms with van der Waals surface area (Å²) in [4.78, 5) is 0. The Morgan fingerprint density at radius 3 is 1.67 bits per heavy atom. The maximum atomic E-state index is 6.11. The first kappa shape index (κ1) is 32.6. The Morgan fingerprint density at radius 2 is 1.18 bits per heavy atom. The molecule has 0 saturated heterocycles. The molecular formula is C27H52ClNO3Si. The van der Waals surface area contributed by atoms with Gasteiger partial charge in [-0.2, -0.15) is 0 Å². The molecule has 0 atom stereocenters. The summed E-state index contributed by atoms with van der Waals surface area (Å²) in [6.07, 6.45) is 13.9. The maximum absolute atomic E-state index is 6.11. The Bertz CT molecular complexity index is 583. The Hall–Kier alpha value is -0.433. The van der Waals surface area contributed by atoms with Crippen LogP contribution in [-0.2, 0) is 19.8 Å². The van der Waals surface area contributed by atoms with Crippen molar-refractivity contribution in [1.29, 1.82) is 0 Å². The van der Waals surface area contributed by atoms with Crippen molar-refractivity contribution in [3.05, 3.63) is 29.8 Å². The zero-order valence-electron chi connectivity index (χ0n) is 22.5. The average molecular weight is 502 g/mol. The molecule has 1 aromatic carbocycles.